The fraction of sp³-hybridized carbons (Fsp3) is 0.423. The third kappa shape index (κ3) is 5.87. The Morgan fingerprint density at radius 3 is 2.61 bits per heavy atom. The second-order valence-electron chi connectivity index (χ2n) is 8.11. The number of aromatic amines is 1. The van der Waals surface area contributed by atoms with Gasteiger partial charge in [-0.05, 0) is 60.7 Å². The van der Waals surface area contributed by atoms with Crippen molar-refractivity contribution in [3.63, 3.8) is 0 Å². The Morgan fingerprint density at radius 2 is 1.94 bits per heavy atom. The van der Waals surface area contributed by atoms with Gasteiger partial charge in [-0.3, -0.25) is 4.79 Å². The van der Waals surface area contributed by atoms with Crippen LogP contribution in [0, 0.1) is 11.7 Å². The third-order valence-corrected chi connectivity index (χ3v) is 5.97. The van der Waals surface area contributed by atoms with Gasteiger partial charge in [0.25, 0.3) is 0 Å². The maximum atomic E-state index is 13.4. The van der Waals surface area contributed by atoms with Crippen molar-refractivity contribution in [1.82, 2.24) is 9.88 Å². The van der Waals surface area contributed by atoms with Gasteiger partial charge in [0.15, 0.2) is 0 Å². The standard InChI is InChI=1S/C26H33FN2O2/c1-4-6-7-20(5-2)26(30)29(18-19-8-10-22(27)11-9-19)15-14-21-17-28-25-13-12-23(31-3)16-24(21)25/h8-13,16-17,20,28H,4-7,14-15,18H2,1-3H3. The van der Waals surface area contributed by atoms with Crippen LogP contribution in [-0.2, 0) is 17.8 Å². The molecule has 4 nitrogen and oxygen atoms in total. The van der Waals surface area contributed by atoms with Crippen LogP contribution in [0.2, 0.25) is 0 Å². The van der Waals surface area contributed by atoms with Crippen molar-refractivity contribution in [3.05, 3.63) is 65.6 Å². The molecule has 0 saturated heterocycles. The summed E-state index contributed by atoms with van der Waals surface area (Å²) in [5.41, 5.74) is 3.16. The summed E-state index contributed by atoms with van der Waals surface area (Å²) < 4.78 is 18.7. The van der Waals surface area contributed by atoms with Crippen molar-refractivity contribution in [2.45, 2.75) is 52.5 Å². The predicted molar refractivity (Wildman–Crippen MR) is 124 cm³/mol. The normalized spacial score (nSPS) is 12.1. The highest BCUT2D eigenvalue weighted by Gasteiger charge is 2.23. The Morgan fingerprint density at radius 1 is 1.16 bits per heavy atom. The molecule has 5 heteroatoms. The summed E-state index contributed by atoms with van der Waals surface area (Å²) in [6, 6.07) is 12.4. The molecule has 0 bridgehead atoms. The molecule has 3 aromatic rings. The first kappa shape index (κ1) is 22.9. The van der Waals surface area contributed by atoms with E-state index in [0.717, 1.165) is 59.9 Å². The zero-order valence-electron chi connectivity index (χ0n) is 18.8. The van der Waals surface area contributed by atoms with Crippen LogP contribution < -0.4 is 4.74 Å². The summed E-state index contributed by atoms with van der Waals surface area (Å²) in [5, 5.41) is 1.12. The molecule has 1 N–H and O–H groups in total. The molecule has 0 saturated carbocycles. The summed E-state index contributed by atoms with van der Waals surface area (Å²) in [6.07, 6.45) is 6.64. The number of rotatable bonds is 11. The zero-order valence-corrected chi connectivity index (χ0v) is 18.8. The number of carbonyl (C=O) groups is 1. The van der Waals surface area contributed by atoms with Gasteiger partial charge in [0.1, 0.15) is 11.6 Å². The van der Waals surface area contributed by atoms with Crippen molar-refractivity contribution >= 4 is 16.8 Å². The lowest BCUT2D eigenvalue weighted by atomic mass is 9.97. The summed E-state index contributed by atoms with van der Waals surface area (Å²) in [7, 11) is 1.66. The van der Waals surface area contributed by atoms with E-state index in [4.69, 9.17) is 4.74 Å². The molecule has 0 aliphatic rings. The molecule has 1 amide bonds. The summed E-state index contributed by atoms with van der Waals surface area (Å²) in [4.78, 5) is 18.6. The lowest BCUT2D eigenvalue weighted by Gasteiger charge is -2.27. The quantitative estimate of drug-likeness (QED) is 0.404. The molecule has 2 aromatic carbocycles. The number of hydrogen-bond donors (Lipinski definition) is 1. The average molecular weight is 425 g/mol. The Balaban J connectivity index is 1.80. The van der Waals surface area contributed by atoms with E-state index in [1.54, 1.807) is 19.2 Å². The van der Waals surface area contributed by atoms with Crippen LogP contribution in [-0.4, -0.2) is 29.4 Å². The topological polar surface area (TPSA) is 45.3 Å². The van der Waals surface area contributed by atoms with E-state index in [9.17, 15) is 9.18 Å². The number of aromatic nitrogens is 1. The summed E-state index contributed by atoms with van der Waals surface area (Å²) >= 11 is 0. The number of nitrogens with one attached hydrogen (secondary N) is 1. The van der Waals surface area contributed by atoms with Crippen molar-refractivity contribution < 1.29 is 13.9 Å². The number of methoxy groups -OCH3 is 1. The molecular formula is C26H33FN2O2. The van der Waals surface area contributed by atoms with Gasteiger partial charge < -0.3 is 14.6 Å². The second kappa shape index (κ2) is 11.0. The maximum Gasteiger partial charge on any atom is 0.225 e. The second-order valence-corrected chi connectivity index (χ2v) is 8.11. The fourth-order valence-electron chi connectivity index (χ4n) is 4.04. The van der Waals surface area contributed by atoms with Gasteiger partial charge in [0.05, 0.1) is 7.11 Å². The van der Waals surface area contributed by atoms with E-state index in [1.807, 2.05) is 29.3 Å². The van der Waals surface area contributed by atoms with Gasteiger partial charge in [0.2, 0.25) is 5.91 Å². The minimum absolute atomic E-state index is 0.0310. The Labute approximate surface area is 184 Å². The van der Waals surface area contributed by atoms with Crippen LogP contribution in [0.25, 0.3) is 10.9 Å². The molecule has 0 fully saturated rings. The maximum absolute atomic E-state index is 13.4. The smallest absolute Gasteiger partial charge is 0.225 e. The monoisotopic (exact) mass is 424 g/mol. The van der Waals surface area contributed by atoms with E-state index in [-0.39, 0.29) is 17.6 Å². The van der Waals surface area contributed by atoms with Crippen molar-refractivity contribution in [2.24, 2.45) is 5.92 Å². The summed E-state index contributed by atoms with van der Waals surface area (Å²) in [5.74, 6) is 0.781. The fourth-order valence-corrected chi connectivity index (χ4v) is 4.04. The molecule has 31 heavy (non-hydrogen) atoms. The molecule has 1 unspecified atom stereocenters. The van der Waals surface area contributed by atoms with Gasteiger partial charge >= 0.3 is 0 Å². The molecule has 0 spiro atoms. The number of nitrogens with zero attached hydrogens (tertiary/aromatic N) is 1. The molecule has 3 rings (SSSR count). The number of H-pyrrole nitrogens is 1. The molecule has 1 heterocycles. The predicted octanol–water partition coefficient (Wildman–Crippen LogP) is 6.10. The SMILES string of the molecule is CCCCC(CC)C(=O)N(CCc1c[nH]c2ccc(OC)cc12)Cc1ccc(F)cc1. The average Bonchev–Trinajstić information content (AvgIpc) is 3.20. The molecule has 0 aliphatic carbocycles. The number of hydrogen-bond acceptors (Lipinski definition) is 2. The molecular weight excluding hydrogens is 391 g/mol. The van der Waals surface area contributed by atoms with E-state index in [1.165, 1.54) is 12.1 Å². The minimum Gasteiger partial charge on any atom is -0.497 e. The lowest BCUT2D eigenvalue weighted by molar-refractivity contribution is -0.136. The van der Waals surface area contributed by atoms with Crippen LogP contribution in [0.4, 0.5) is 4.39 Å². The van der Waals surface area contributed by atoms with Crippen LogP contribution in [0.3, 0.4) is 0 Å². The first-order valence-electron chi connectivity index (χ1n) is 11.2. The van der Waals surface area contributed by atoms with Gasteiger partial charge in [-0.15, -0.1) is 0 Å². The molecule has 0 aliphatic heterocycles. The van der Waals surface area contributed by atoms with E-state index >= 15 is 0 Å². The van der Waals surface area contributed by atoms with Gasteiger partial charge in [-0.2, -0.15) is 0 Å². The number of benzene rings is 2. The van der Waals surface area contributed by atoms with Gasteiger partial charge in [-0.25, -0.2) is 4.39 Å². The number of amides is 1. The number of carbonyl (C=O) groups excluding carboxylic acids is 1. The van der Waals surface area contributed by atoms with Crippen molar-refractivity contribution in [1.29, 1.82) is 0 Å². The van der Waals surface area contributed by atoms with E-state index in [0.29, 0.717) is 13.1 Å². The zero-order chi connectivity index (χ0) is 22.2. The van der Waals surface area contributed by atoms with Gasteiger partial charge in [0, 0.05) is 36.1 Å². The third-order valence-electron chi connectivity index (χ3n) is 5.97. The van der Waals surface area contributed by atoms with Crippen LogP contribution in [0.15, 0.2) is 48.7 Å². The highest BCUT2D eigenvalue weighted by molar-refractivity contribution is 5.85. The first-order valence-corrected chi connectivity index (χ1v) is 11.2. The molecule has 0 radical (unpaired) electrons. The Bertz CT molecular complexity index is 981. The number of unbranched alkanes of at least 4 members (excludes halogenated alkanes) is 1. The first-order chi connectivity index (χ1) is 15.0. The lowest BCUT2D eigenvalue weighted by Crippen LogP contribution is -2.37. The van der Waals surface area contributed by atoms with Gasteiger partial charge in [-0.1, -0.05) is 38.8 Å². The number of fused-ring (bicyclic) bond motifs is 1. The van der Waals surface area contributed by atoms with E-state index in [2.05, 4.69) is 18.8 Å². The highest BCUT2D eigenvalue weighted by atomic mass is 19.1. The molecule has 166 valence electrons. The minimum atomic E-state index is -0.260. The van der Waals surface area contributed by atoms with Crippen LogP contribution in [0.1, 0.15) is 50.7 Å². The Hall–Kier alpha value is -2.82. The van der Waals surface area contributed by atoms with Crippen LogP contribution >= 0.6 is 0 Å². The van der Waals surface area contributed by atoms with E-state index < -0.39 is 0 Å². The highest BCUT2D eigenvalue weighted by Crippen LogP contribution is 2.25. The number of ether oxygens (including phenoxy) is 1. The molecule has 1 aromatic heterocycles. The Kier molecular flexibility index (Phi) is 8.10. The van der Waals surface area contributed by atoms with Crippen molar-refractivity contribution in [3.8, 4) is 5.75 Å². The van der Waals surface area contributed by atoms with Crippen molar-refractivity contribution in [2.75, 3.05) is 13.7 Å². The largest absolute Gasteiger partial charge is 0.497 e. The van der Waals surface area contributed by atoms with Crippen LogP contribution in [0.5, 0.6) is 5.75 Å². The number of halogens is 1. The summed E-state index contributed by atoms with van der Waals surface area (Å²) in [6.45, 7) is 5.34. The molecule has 1 atom stereocenters.